The van der Waals surface area contributed by atoms with Crippen molar-refractivity contribution in [3.63, 3.8) is 0 Å². The van der Waals surface area contributed by atoms with Gasteiger partial charge in [-0.2, -0.15) is 0 Å². The Kier molecular flexibility index (Phi) is 5.23. The van der Waals surface area contributed by atoms with Crippen molar-refractivity contribution in [2.24, 2.45) is 5.41 Å². The number of hydrogen-bond donors (Lipinski definition) is 2. The maximum atomic E-state index is 3.24. The first-order chi connectivity index (χ1) is 6.73. The van der Waals surface area contributed by atoms with Gasteiger partial charge in [-0.1, -0.05) is 42.9 Å². The maximum Gasteiger partial charge on any atom is 0.0239 e. The van der Waals surface area contributed by atoms with Gasteiger partial charge in [0, 0.05) is 18.2 Å². The monoisotopic (exact) mass is 308 g/mol. The first kappa shape index (κ1) is 12.3. The van der Waals surface area contributed by atoms with Crippen LogP contribution in [0.4, 0.5) is 0 Å². The summed E-state index contributed by atoms with van der Waals surface area (Å²) in [5, 5.41) is 0. The Morgan fingerprint density at radius 1 is 1.50 bits per heavy atom. The van der Waals surface area contributed by atoms with Crippen LogP contribution in [-0.2, 0) is 0 Å². The van der Waals surface area contributed by atoms with Crippen LogP contribution in [0.5, 0.6) is 0 Å². The highest BCUT2D eigenvalue weighted by atomic mass is 127. The van der Waals surface area contributed by atoms with Crippen molar-refractivity contribution >= 4 is 22.6 Å². The number of hydrazine groups is 1. The first-order valence-corrected chi connectivity index (χ1v) is 6.99. The zero-order valence-electron chi connectivity index (χ0n) is 9.20. The molecular formula is C11H21IN2. The van der Waals surface area contributed by atoms with Crippen molar-refractivity contribution in [2.75, 3.05) is 11.0 Å². The van der Waals surface area contributed by atoms with E-state index in [1.165, 1.54) is 23.7 Å². The fourth-order valence-electron chi connectivity index (χ4n) is 2.06. The molecule has 0 bridgehead atoms. The zero-order valence-corrected chi connectivity index (χ0v) is 11.4. The number of unbranched alkanes of at least 4 members (excludes halogenated alkanes) is 1. The fourth-order valence-corrected chi connectivity index (χ4v) is 2.60. The lowest BCUT2D eigenvalue weighted by atomic mass is 9.76. The molecule has 82 valence electrons. The van der Waals surface area contributed by atoms with Gasteiger partial charge in [-0.05, 0) is 29.3 Å². The van der Waals surface area contributed by atoms with Gasteiger partial charge in [-0.15, -0.1) is 0 Å². The Morgan fingerprint density at radius 3 is 2.93 bits per heavy atom. The van der Waals surface area contributed by atoms with E-state index in [9.17, 15) is 0 Å². The Morgan fingerprint density at radius 2 is 2.29 bits per heavy atom. The SMILES string of the molecule is CCC1=CNNC[C@]1(C)CCCCI. The summed E-state index contributed by atoms with van der Waals surface area (Å²) in [6, 6.07) is 0. The summed E-state index contributed by atoms with van der Waals surface area (Å²) < 4.78 is 1.28. The largest absolute Gasteiger partial charge is 0.329 e. The van der Waals surface area contributed by atoms with Gasteiger partial charge < -0.3 is 5.43 Å². The topological polar surface area (TPSA) is 24.1 Å². The highest BCUT2D eigenvalue weighted by Gasteiger charge is 2.29. The summed E-state index contributed by atoms with van der Waals surface area (Å²) in [7, 11) is 0. The molecule has 0 aromatic heterocycles. The normalized spacial score (nSPS) is 26.9. The van der Waals surface area contributed by atoms with Crippen molar-refractivity contribution in [3.8, 4) is 0 Å². The zero-order chi connectivity index (χ0) is 10.4. The van der Waals surface area contributed by atoms with Crippen molar-refractivity contribution in [2.45, 2.75) is 39.5 Å². The summed E-state index contributed by atoms with van der Waals surface area (Å²) >= 11 is 2.46. The maximum absolute atomic E-state index is 3.24. The van der Waals surface area contributed by atoms with Gasteiger partial charge in [0.15, 0.2) is 0 Å². The van der Waals surface area contributed by atoms with Gasteiger partial charge in [0.1, 0.15) is 0 Å². The minimum absolute atomic E-state index is 0.381. The average Bonchev–Trinajstić information content (AvgIpc) is 2.19. The van der Waals surface area contributed by atoms with E-state index in [0.29, 0.717) is 5.41 Å². The molecule has 0 aliphatic carbocycles. The number of alkyl halides is 1. The Bertz CT molecular complexity index is 203. The number of nitrogens with one attached hydrogen (secondary N) is 2. The van der Waals surface area contributed by atoms with Crippen LogP contribution in [0, 0.1) is 5.41 Å². The molecule has 0 amide bonds. The Labute approximate surface area is 101 Å². The van der Waals surface area contributed by atoms with E-state index in [1.54, 1.807) is 5.57 Å². The molecule has 0 radical (unpaired) electrons. The molecule has 0 spiro atoms. The van der Waals surface area contributed by atoms with Crippen LogP contribution < -0.4 is 10.9 Å². The predicted molar refractivity (Wildman–Crippen MR) is 70.4 cm³/mol. The van der Waals surface area contributed by atoms with Crippen LogP contribution in [0.3, 0.4) is 0 Å². The summed E-state index contributed by atoms with van der Waals surface area (Å²) in [5.41, 5.74) is 8.30. The van der Waals surface area contributed by atoms with Gasteiger partial charge in [-0.25, -0.2) is 5.43 Å². The lowest BCUT2D eigenvalue weighted by Crippen LogP contribution is -2.44. The predicted octanol–water partition coefficient (Wildman–Crippen LogP) is 3.00. The van der Waals surface area contributed by atoms with E-state index >= 15 is 0 Å². The molecule has 1 aliphatic rings. The average molecular weight is 308 g/mol. The van der Waals surface area contributed by atoms with Crippen LogP contribution in [0.2, 0.25) is 0 Å². The van der Waals surface area contributed by atoms with Crippen LogP contribution in [0.15, 0.2) is 11.8 Å². The van der Waals surface area contributed by atoms with Gasteiger partial charge >= 0.3 is 0 Å². The molecule has 0 saturated carbocycles. The summed E-state index contributed by atoms with van der Waals surface area (Å²) in [6.07, 6.45) is 7.31. The molecule has 0 unspecified atom stereocenters. The van der Waals surface area contributed by atoms with Crippen molar-refractivity contribution in [1.29, 1.82) is 0 Å². The van der Waals surface area contributed by atoms with E-state index in [-0.39, 0.29) is 0 Å². The number of hydrogen-bond acceptors (Lipinski definition) is 2. The second kappa shape index (κ2) is 5.95. The van der Waals surface area contributed by atoms with Crippen LogP contribution in [0.1, 0.15) is 39.5 Å². The third kappa shape index (κ3) is 3.12. The van der Waals surface area contributed by atoms with Crippen LogP contribution >= 0.6 is 22.6 Å². The van der Waals surface area contributed by atoms with Crippen molar-refractivity contribution in [1.82, 2.24) is 10.9 Å². The van der Waals surface area contributed by atoms with Gasteiger partial charge in [0.25, 0.3) is 0 Å². The molecule has 2 nitrogen and oxygen atoms in total. The highest BCUT2D eigenvalue weighted by Crippen LogP contribution is 2.35. The van der Waals surface area contributed by atoms with E-state index in [2.05, 4.69) is 53.5 Å². The molecule has 1 aliphatic heterocycles. The molecule has 0 saturated heterocycles. The smallest absolute Gasteiger partial charge is 0.0239 e. The van der Waals surface area contributed by atoms with Crippen molar-refractivity contribution < 1.29 is 0 Å². The minimum Gasteiger partial charge on any atom is -0.329 e. The van der Waals surface area contributed by atoms with Gasteiger partial charge in [0.05, 0.1) is 0 Å². The van der Waals surface area contributed by atoms with Gasteiger partial charge in [-0.3, -0.25) is 0 Å². The Hall–Kier alpha value is 0.230. The summed E-state index contributed by atoms with van der Waals surface area (Å²) in [5.74, 6) is 0. The van der Waals surface area contributed by atoms with E-state index < -0.39 is 0 Å². The number of rotatable bonds is 5. The Balaban J connectivity index is 2.51. The lowest BCUT2D eigenvalue weighted by molar-refractivity contribution is 0.292. The lowest BCUT2D eigenvalue weighted by Gasteiger charge is -2.36. The summed E-state index contributed by atoms with van der Waals surface area (Å²) in [4.78, 5) is 0. The molecule has 14 heavy (non-hydrogen) atoms. The van der Waals surface area contributed by atoms with Gasteiger partial charge in [0.2, 0.25) is 0 Å². The minimum atomic E-state index is 0.381. The molecule has 1 rings (SSSR count). The molecule has 3 heteroatoms. The van der Waals surface area contributed by atoms with Crippen LogP contribution in [-0.4, -0.2) is 11.0 Å². The third-order valence-electron chi connectivity index (χ3n) is 3.10. The molecule has 0 aromatic rings. The summed E-state index contributed by atoms with van der Waals surface area (Å²) in [6.45, 7) is 5.69. The number of halogens is 1. The molecule has 0 aromatic carbocycles. The first-order valence-electron chi connectivity index (χ1n) is 5.47. The second-order valence-electron chi connectivity index (χ2n) is 4.23. The van der Waals surface area contributed by atoms with E-state index in [1.807, 2.05) is 0 Å². The molecular weight excluding hydrogens is 287 g/mol. The fraction of sp³-hybridized carbons (Fsp3) is 0.818. The van der Waals surface area contributed by atoms with Crippen molar-refractivity contribution in [3.05, 3.63) is 11.8 Å². The van der Waals surface area contributed by atoms with Crippen LogP contribution in [0.25, 0.3) is 0 Å². The molecule has 1 atom stereocenters. The quantitative estimate of drug-likeness (QED) is 0.463. The standard InChI is InChI=1S/C11H21IN2/c1-3-10-8-13-14-9-11(10,2)6-4-5-7-12/h8,13-14H,3-7,9H2,1-2H3/t11-/m0/s1. The highest BCUT2D eigenvalue weighted by molar-refractivity contribution is 14.1. The van der Waals surface area contributed by atoms with E-state index in [4.69, 9.17) is 0 Å². The molecule has 1 heterocycles. The third-order valence-corrected chi connectivity index (χ3v) is 3.86. The molecule has 0 fully saturated rings. The second-order valence-corrected chi connectivity index (χ2v) is 5.31. The van der Waals surface area contributed by atoms with E-state index in [0.717, 1.165) is 13.0 Å². The molecule has 2 N–H and O–H groups in total.